The first-order valence-electron chi connectivity index (χ1n) is 11.4. The van der Waals surface area contributed by atoms with Crippen LogP contribution in [0.4, 0.5) is 5.69 Å². The summed E-state index contributed by atoms with van der Waals surface area (Å²) < 4.78 is 13.9. The Morgan fingerprint density at radius 2 is 1.69 bits per heavy atom. The molecular weight excluding hydrogens is 456 g/mol. The number of anilines is 1. The van der Waals surface area contributed by atoms with Crippen molar-refractivity contribution in [2.24, 2.45) is 7.05 Å². The van der Waals surface area contributed by atoms with Gasteiger partial charge in [-0.1, -0.05) is 24.3 Å². The summed E-state index contributed by atoms with van der Waals surface area (Å²) in [7, 11) is 6.65. The van der Waals surface area contributed by atoms with Crippen molar-refractivity contribution < 1.29 is 14.3 Å². The fraction of sp³-hybridized carbons (Fsp3) is 0.179. The standard InChI is InChI=1S/C28H26N4O4/c1-17-10-15-23(36-5)22(16-17)31(3)27(33)25-24-20-8-6-7-9-21(20)30(2)26(24)28(34)32(29-25)18-11-13-19(35-4)14-12-18/h6-16H,1-5H3. The van der Waals surface area contributed by atoms with Gasteiger partial charge >= 0.3 is 0 Å². The maximum atomic E-state index is 14.0. The van der Waals surface area contributed by atoms with Crippen molar-refractivity contribution >= 4 is 33.4 Å². The van der Waals surface area contributed by atoms with E-state index in [-0.39, 0.29) is 17.2 Å². The molecule has 3 aromatic carbocycles. The Bertz CT molecular complexity index is 1680. The monoisotopic (exact) mass is 482 g/mol. The molecule has 0 atom stereocenters. The molecule has 1 amide bonds. The third-order valence-electron chi connectivity index (χ3n) is 6.46. The summed E-state index contributed by atoms with van der Waals surface area (Å²) in [5.74, 6) is 0.858. The lowest BCUT2D eigenvalue weighted by molar-refractivity contribution is 0.0988. The third-order valence-corrected chi connectivity index (χ3v) is 6.46. The summed E-state index contributed by atoms with van der Waals surface area (Å²) >= 11 is 0. The number of rotatable bonds is 5. The molecule has 0 fully saturated rings. The zero-order valence-electron chi connectivity index (χ0n) is 20.8. The van der Waals surface area contributed by atoms with Crippen LogP contribution >= 0.6 is 0 Å². The van der Waals surface area contributed by atoms with Gasteiger partial charge in [0.15, 0.2) is 5.69 Å². The summed E-state index contributed by atoms with van der Waals surface area (Å²) in [6, 6.07) is 20.2. The number of para-hydroxylation sites is 1. The lowest BCUT2D eigenvalue weighted by Gasteiger charge is -2.21. The van der Waals surface area contributed by atoms with Crippen LogP contribution in [0.3, 0.4) is 0 Å². The molecule has 0 aliphatic heterocycles. The molecule has 0 saturated heterocycles. The molecule has 0 radical (unpaired) electrons. The number of methoxy groups -OCH3 is 2. The number of aryl methyl sites for hydroxylation is 2. The van der Waals surface area contributed by atoms with Crippen LogP contribution < -0.4 is 19.9 Å². The van der Waals surface area contributed by atoms with Crippen LogP contribution in [0.2, 0.25) is 0 Å². The Morgan fingerprint density at radius 1 is 0.972 bits per heavy atom. The quantitative estimate of drug-likeness (QED) is 0.369. The van der Waals surface area contributed by atoms with Crippen LogP contribution in [0.5, 0.6) is 11.5 Å². The van der Waals surface area contributed by atoms with E-state index in [1.165, 1.54) is 9.58 Å². The molecule has 2 aromatic heterocycles. The molecule has 5 aromatic rings. The number of carbonyl (C=O) groups excluding carboxylic acids is 1. The van der Waals surface area contributed by atoms with Gasteiger partial charge in [-0.3, -0.25) is 9.59 Å². The molecule has 8 heteroatoms. The first-order chi connectivity index (χ1) is 17.3. The van der Waals surface area contributed by atoms with Crippen molar-refractivity contribution in [3.8, 4) is 17.2 Å². The topological polar surface area (TPSA) is 78.6 Å². The lowest BCUT2D eigenvalue weighted by Crippen LogP contribution is -2.32. The van der Waals surface area contributed by atoms with Gasteiger partial charge in [0.25, 0.3) is 11.5 Å². The van der Waals surface area contributed by atoms with Gasteiger partial charge in [0, 0.05) is 30.4 Å². The molecule has 0 saturated carbocycles. The summed E-state index contributed by atoms with van der Waals surface area (Å²) in [4.78, 5) is 29.3. The SMILES string of the molecule is COc1ccc(-n2nc(C(=O)N(C)c3cc(C)ccc3OC)c3c4ccccc4n(C)c3c2=O)cc1. The van der Waals surface area contributed by atoms with E-state index >= 15 is 0 Å². The predicted octanol–water partition coefficient (Wildman–Crippen LogP) is 4.48. The van der Waals surface area contributed by atoms with Gasteiger partial charge in [-0.05, 0) is 55.0 Å². The van der Waals surface area contributed by atoms with E-state index in [2.05, 4.69) is 5.10 Å². The maximum absolute atomic E-state index is 14.0. The molecule has 0 bridgehead atoms. The number of benzene rings is 3. The van der Waals surface area contributed by atoms with Gasteiger partial charge < -0.3 is 18.9 Å². The highest BCUT2D eigenvalue weighted by Gasteiger charge is 2.27. The van der Waals surface area contributed by atoms with E-state index in [0.717, 1.165) is 16.5 Å². The Hall–Kier alpha value is -4.59. The van der Waals surface area contributed by atoms with Gasteiger partial charge in [-0.25, -0.2) is 0 Å². The highest BCUT2D eigenvalue weighted by atomic mass is 16.5. The van der Waals surface area contributed by atoms with E-state index in [1.54, 1.807) is 45.5 Å². The summed E-state index contributed by atoms with van der Waals surface area (Å²) in [6.45, 7) is 1.95. The zero-order chi connectivity index (χ0) is 25.6. The summed E-state index contributed by atoms with van der Waals surface area (Å²) in [6.07, 6.45) is 0. The van der Waals surface area contributed by atoms with E-state index < -0.39 is 0 Å². The highest BCUT2D eigenvalue weighted by Crippen LogP contribution is 2.33. The number of aromatic nitrogens is 3. The smallest absolute Gasteiger partial charge is 0.296 e. The second-order valence-electron chi connectivity index (χ2n) is 8.60. The number of ether oxygens (including phenoxy) is 2. The van der Waals surface area contributed by atoms with Crippen LogP contribution in [-0.4, -0.2) is 41.5 Å². The van der Waals surface area contributed by atoms with Crippen LogP contribution in [0, 0.1) is 6.92 Å². The van der Waals surface area contributed by atoms with Crippen LogP contribution in [0.15, 0.2) is 71.5 Å². The Kier molecular flexibility index (Phi) is 5.72. The minimum Gasteiger partial charge on any atom is -0.497 e. The van der Waals surface area contributed by atoms with Crippen molar-refractivity contribution in [3.05, 3.63) is 88.3 Å². The van der Waals surface area contributed by atoms with E-state index in [0.29, 0.717) is 33.8 Å². The molecule has 2 heterocycles. The summed E-state index contributed by atoms with van der Waals surface area (Å²) in [5.41, 5.74) is 3.21. The number of fused-ring (bicyclic) bond motifs is 3. The molecular formula is C28H26N4O4. The molecule has 0 unspecified atom stereocenters. The minimum atomic E-state index is -0.359. The van der Waals surface area contributed by atoms with Crippen molar-refractivity contribution in [1.82, 2.24) is 14.3 Å². The maximum Gasteiger partial charge on any atom is 0.296 e. The summed E-state index contributed by atoms with van der Waals surface area (Å²) in [5, 5.41) is 5.94. The molecule has 0 N–H and O–H groups in total. The van der Waals surface area contributed by atoms with Crippen LogP contribution in [0.25, 0.3) is 27.5 Å². The first kappa shape index (κ1) is 23.2. The fourth-order valence-electron chi connectivity index (χ4n) is 4.56. The van der Waals surface area contributed by atoms with Crippen LogP contribution in [-0.2, 0) is 7.05 Å². The van der Waals surface area contributed by atoms with Crippen molar-refractivity contribution in [2.75, 3.05) is 26.2 Å². The largest absolute Gasteiger partial charge is 0.497 e. The van der Waals surface area contributed by atoms with Crippen molar-refractivity contribution in [2.45, 2.75) is 6.92 Å². The normalized spacial score (nSPS) is 11.1. The second-order valence-corrected chi connectivity index (χ2v) is 8.60. The van der Waals surface area contributed by atoms with Gasteiger partial charge in [0.1, 0.15) is 17.0 Å². The van der Waals surface area contributed by atoms with Gasteiger partial charge in [-0.2, -0.15) is 9.78 Å². The van der Waals surface area contributed by atoms with Gasteiger partial charge in [0.05, 0.1) is 25.6 Å². The van der Waals surface area contributed by atoms with E-state index in [4.69, 9.17) is 9.47 Å². The second kappa shape index (κ2) is 8.88. The van der Waals surface area contributed by atoms with E-state index in [9.17, 15) is 9.59 Å². The lowest BCUT2D eigenvalue weighted by atomic mass is 10.1. The average Bonchev–Trinajstić information content (AvgIpc) is 3.21. The molecule has 5 rings (SSSR count). The van der Waals surface area contributed by atoms with Gasteiger partial charge in [-0.15, -0.1) is 0 Å². The number of nitrogens with zero attached hydrogens (tertiary/aromatic N) is 4. The zero-order valence-corrected chi connectivity index (χ0v) is 20.8. The Morgan fingerprint density at radius 3 is 2.39 bits per heavy atom. The van der Waals surface area contributed by atoms with Crippen molar-refractivity contribution in [3.63, 3.8) is 0 Å². The van der Waals surface area contributed by atoms with Gasteiger partial charge in [0.2, 0.25) is 0 Å². The molecule has 0 aliphatic rings. The molecule has 182 valence electrons. The van der Waals surface area contributed by atoms with E-state index in [1.807, 2.05) is 61.0 Å². The molecule has 0 spiro atoms. The third kappa shape index (κ3) is 3.58. The number of hydrogen-bond acceptors (Lipinski definition) is 5. The van der Waals surface area contributed by atoms with Crippen LogP contribution in [0.1, 0.15) is 16.1 Å². The predicted molar refractivity (Wildman–Crippen MR) is 141 cm³/mol. The number of amides is 1. The highest BCUT2D eigenvalue weighted by molar-refractivity contribution is 6.20. The minimum absolute atomic E-state index is 0.170. The Labute approximate surface area is 207 Å². The molecule has 36 heavy (non-hydrogen) atoms. The first-order valence-corrected chi connectivity index (χ1v) is 11.4. The Balaban J connectivity index is 1.81. The van der Waals surface area contributed by atoms with Crippen molar-refractivity contribution in [1.29, 1.82) is 0 Å². The molecule has 8 nitrogen and oxygen atoms in total. The molecule has 0 aliphatic carbocycles. The number of carbonyl (C=O) groups is 1. The fourth-order valence-corrected chi connectivity index (χ4v) is 4.56. The average molecular weight is 483 g/mol. The number of hydrogen-bond donors (Lipinski definition) is 0.